The fourth-order valence-electron chi connectivity index (χ4n) is 5.06. The van der Waals surface area contributed by atoms with Crippen molar-refractivity contribution in [1.29, 1.82) is 5.26 Å². The lowest BCUT2D eigenvalue weighted by Crippen LogP contribution is -2.52. The Bertz CT molecular complexity index is 1560. The first-order chi connectivity index (χ1) is 20.7. The topological polar surface area (TPSA) is 117 Å². The minimum absolute atomic E-state index is 0.0274. The molecule has 43 heavy (non-hydrogen) atoms. The molecule has 2 aromatic carbocycles. The van der Waals surface area contributed by atoms with Crippen molar-refractivity contribution in [3.05, 3.63) is 70.5 Å². The Morgan fingerprint density at radius 2 is 1.88 bits per heavy atom. The number of nitrogens with zero attached hydrogens (tertiary/aromatic N) is 7. The predicted octanol–water partition coefficient (Wildman–Crippen LogP) is 3.12. The number of fused-ring (bicyclic) bond motifs is 1. The van der Waals surface area contributed by atoms with Crippen LogP contribution in [0.3, 0.4) is 0 Å². The molecule has 5 rings (SSSR count). The van der Waals surface area contributed by atoms with Crippen molar-refractivity contribution in [1.82, 2.24) is 19.6 Å². The molecule has 3 heterocycles. The maximum Gasteiger partial charge on any atom is 0.255 e. The maximum absolute atomic E-state index is 15.0. The molecule has 0 radical (unpaired) electrons. The molecule has 0 aliphatic carbocycles. The summed E-state index contributed by atoms with van der Waals surface area (Å²) in [4.78, 5) is 41.3. The molecule has 0 spiro atoms. The van der Waals surface area contributed by atoms with Gasteiger partial charge < -0.3 is 29.7 Å². The number of nitrogens with one attached hydrogen (secondary N) is 1. The van der Waals surface area contributed by atoms with Gasteiger partial charge in [-0.2, -0.15) is 9.65 Å². The molecule has 2 aromatic rings. The van der Waals surface area contributed by atoms with E-state index in [0.717, 1.165) is 0 Å². The van der Waals surface area contributed by atoms with E-state index in [4.69, 9.17) is 21.6 Å². The molecule has 3 aliphatic heterocycles. The second-order valence-electron chi connectivity index (χ2n) is 10.3. The van der Waals surface area contributed by atoms with Crippen molar-refractivity contribution >= 4 is 40.8 Å². The second kappa shape index (κ2) is 12.8. The highest BCUT2D eigenvalue weighted by Gasteiger charge is 2.35. The molecular formula is C29H29ClF2N8O3. The average molecular weight is 611 g/mol. The van der Waals surface area contributed by atoms with E-state index in [1.54, 1.807) is 45.2 Å². The van der Waals surface area contributed by atoms with Crippen LogP contribution in [0.4, 0.5) is 14.5 Å². The van der Waals surface area contributed by atoms with Gasteiger partial charge in [-0.05, 0) is 38.4 Å². The number of ether oxygens (including phenoxy) is 1. The molecule has 11 nitrogen and oxygen atoms in total. The SMILES string of the molecule is CN(C)CC(=O)N1CCN(C(=O)c2ccc(NC3=NC=CN4C3=NCC4c3ccc(OCC#N)c(F)c3F)cc2Cl)CC1. The van der Waals surface area contributed by atoms with Gasteiger partial charge in [0.25, 0.3) is 5.91 Å². The van der Waals surface area contributed by atoms with Crippen LogP contribution in [0.5, 0.6) is 5.75 Å². The number of likely N-dealkylation sites (N-methyl/N-ethyl adjacent to an activating group) is 1. The number of hydrogen-bond donors (Lipinski definition) is 1. The molecular weight excluding hydrogens is 582 g/mol. The van der Waals surface area contributed by atoms with Crippen LogP contribution in [0.2, 0.25) is 5.02 Å². The molecule has 1 atom stereocenters. The third kappa shape index (κ3) is 6.30. The zero-order valence-electron chi connectivity index (χ0n) is 23.6. The summed E-state index contributed by atoms with van der Waals surface area (Å²) in [6.45, 7) is 1.81. The normalized spacial score (nSPS) is 17.8. The molecule has 0 bridgehead atoms. The predicted molar refractivity (Wildman–Crippen MR) is 157 cm³/mol. The smallest absolute Gasteiger partial charge is 0.255 e. The van der Waals surface area contributed by atoms with E-state index in [2.05, 4.69) is 15.3 Å². The highest BCUT2D eigenvalue weighted by molar-refractivity contribution is 6.46. The standard InChI is InChI=1S/C29H29ClF2N8O3/c1-37(2)17-24(41)38-10-12-39(13-11-38)29(42)19-4-3-18(15-21(19)30)36-27-28-35-16-22(40(28)9-8-34-27)20-5-6-23(43-14-7-33)26(32)25(20)31/h3-6,8-9,15,22H,10-14,16-17H2,1-2H3,(H,34,36). The van der Waals surface area contributed by atoms with E-state index in [9.17, 15) is 18.4 Å². The van der Waals surface area contributed by atoms with Gasteiger partial charge in [0, 0.05) is 49.8 Å². The molecule has 0 saturated carbocycles. The van der Waals surface area contributed by atoms with Gasteiger partial charge in [0.1, 0.15) is 6.07 Å². The summed E-state index contributed by atoms with van der Waals surface area (Å²) < 4.78 is 34.5. The number of nitriles is 1. The molecule has 1 unspecified atom stereocenters. The molecule has 14 heteroatoms. The fraction of sp³-hybridized carbons (Fsp3) is 0.345. The Balaban J connectivity index is 1.23. The Labute approximate surface area is 252 Å². The van der Waals surface area contributed by atoms with E-state index in [0.29, 0.717) is 55.6 Å². The molecule has 2 amide bonds. The molecule has 0 aromatic heterocycles. The zero-order chi connectivity index (χ0) is 30.7. The third-order valence-electron chi connectivity index (χ3n) is 7.20. The number of hydrogen-bond acceptors (Lipinski definition) is 9. The Morgan fingerprint density at radius 1 is 1.14 bits per heavy atom. The summed E-state index contributed by atoms with van der Waals surface area (Å²) in [7, 11) is 3.67. The van der Waals surface area contributed by atoms with Gasteiger partial charge in [0.15, 0.2) is 29.8 Å². The quantitative estimate of drug-likeness (QED) is 0.512. The number of benzene rings is 2. The first kappa shape index (κ1) is 29.9. The number of rotatable bonds is 7. The first-order valence-electron chi connectivity index (χ1n) is 13.5. The van der Waals surface area contributed by atoms with Crippen molar-refractivity contribution in [2.24, 2.45) is 9.98 Å². The van der Waals surface area contributed by atoms with Gasteiger partial charge in [0.05, 0.1) is 29.7 Å². The summed E-state index contributed by atoms with van der Waals surface area (Å²) >= 11 is 6.53. The van der Waals surface area contributed by atoms with Crippen LogP contribution < -0.4 is 10.1 Å². The van der Waals surface area contributed by atoms with Gasteiger partial charge in [-0.1, -0.05) is 17.7 Å². The number of amidine groups is 2. The highest BCUT2D eigenvalue weighted by atomic mass is 35.5. The number of anilines is 1. The van der Waals surface area contributed by atoms with Crippen molar-refractivity contribution in [2.45, 2.75) is 6.04 Å². The lowest BCUT2D eigenvalue weighted by Gasteiger charge is -2.35. The van der Waals surface area contributed by atoms with Gasteiger partial charge >= 0.3 is 0 Å². The van der Waals surface area contributed by atoms with Crippen LogP contribution in [0.15, 0.2) is 52.7 Å². The lowest BCUT2D eigenvalue weighted by atomic mass is 10.0. The summed E-state index contributed by atoms with van der Waals surface area (Å²) in [5, 5.41) is 12.0. The Kier molecular flexibility index (Phi) is 8.89. The van der Waals surface area contributed by atoms with E-state index in [1.807, 2.05) is 19.0 Å². The lowest BCUT2D eigenvalue weighted by molar-refractivity contribution is -0.133. The van der Waals surface area contributed by atoms with Crippen LogP contribution in [-0.2, 0) is 4.79 Å². The van der Waals surface area contributed by atoms with Crippen molar-refractivity contribution in [2.75, 3.05) is 65.3 Å². The third-order valence-corrected chi connectivity index (χ3v) is 7.51. The largest absolute Gasteiger partial charge is 0.476 e. The minimum Gasteiger partial charge on any atom is -0.476 e. The van der Waals surface area contributed by atoms with Crippen molar-refractivity contribution in [3.63, 3.8) is 0 Å². The van der Waals surface area contributed by atoms with Crippen LogP contribution in [-0.4, -0.2) is 103 Å². The summed E-state index contributed by atoms with van der Waals surface area (Å²) in [5.41, 5.74) is 0.975. The van der Waals surface area contributed by atoms with Crippen LogP contribution in [0, 0.1) is 23.0 Å². The van der Waals surface area contributed by atoms with Crippen LogP contribution in [0.25, 0.3) is 0 Å². The number of carbonyl (C=O) groups is 2. The first-order valence-corrected chi connectivity index (χ1v) is 13.9. The number of carbonyl (C=O) groups excluding carboxylic acids is 2. The summed E-state index contributed by atoms with van der Waals surface area (Å²) in [6, 6.07) is 8.74. The van der Waals surface area contributed by atoms with Gasteiger partial charge in [-0.3, -0.25) is 14.6 Å². The van der Waals surface area contributed by atoms with Gasteiger partial charge in [0.2, 0.25) is 11.7 Å². The van der Waals surface area contributed by atoms with E-state index < -0.39 is 24.3 Å². The maximum atomic E-state index is 15.0. The molecule has 1 saturated heterocycles. The van der Waals surface area contributed by atoms with Gasteiger partial charge in [-0.15, -0.1) is 0 Å². The Hall–Kier alpha value is -4.54. The minimum atomic E-state index is -1.17. The second-order valence-corrected chi connectivity index (χ2v) is 10.7. The van der Waals surface area contributed by atoms with Crippen molar-refractivity contribution < 1.29 is 23.1 Å². The molecule has 1 fully saturated rings. The number of halogens is 3. The monoisotopic (exact) mass is 610 g/mol. The highest BCUT2D eigenvalue weighted by Crippen LogP contribution is 2.34. The summed E-state index contributed by atoms with van der Waals surface area (Å²) in [6.07, 6.45) is 3.14. The number of piperazine rings is 1. The van der Waals surface area contributed by atoms with E-state index >= 15 is 0 Å². The van der Waals surface area contributed by atoms with Crippen LogP contribution >= 0.6 is 11.6 Å². The fourth-order valence-corrected chi connectivity index (χ4v) is 5.33. The van der Waals surface area contributed by atoms with E-state index in [1.165, 1.54) is 18.3 Å². The average Bonchev–Trinajstić information content (AvgIpc) is 3.42. The zero-order valence-corrected chi connectivity index (χ0v) is 24.3. The van der Waals surface area contributed by atoms with E-state index in [-0.39, 0.29) is 34.7 Å². The molecule has 1 N–H and O–H groups in total. The molecule has 3 aliphatic rings. The number of amides is 2. The van der Waals surface area contributed by atoms with Gasteiger partial charge in [-0.25, -0.2) is 9.38 Å². The number of aliphatic imine (C=N–C) groups is 2. The molecule has 224 valence electrons. The van der Waals surface area contributed by atoms with Crippen LogP contribution in [0.1, 0.15) is 22.0 Å². The summed E-state index contributed by atoms with van der Waals surface area (Å²) in [5.74, 6) is -1.98. The van der Waals surface area contributed by atoms with Crippen molar-refractivity contribution in [3.8, 4) is 11.8 Å². The Morgan fingerprint density at radius 3 is 2.58 bits per heavy atom.